The zero-order valence-electron chi connectivity index (χ0n) is 14.9. The fourth-order valence-corrected chi connectivity index (χ4v) is 3.83. The molecule has 7 nitrogen and oxygen atoms in total. The Balaban J connectivity index is 1.37. The largest absolute Gasteiger partial charge is 0.347 e. The van der Waals surface area contributed by atoms with Crippen molar-refractivity contribution in [1.29, 1.82) is 0 Å². The van der Waals surface area contributed by atoms with Gasteiger partial charge in [0.25, 0.3) is 5.91 Å². The Bertz CT molecular complexity index is 969. The molecule has 0 bridgehead atoms. The molecule has 0 atom stereocenters. The Labute approximate surface area is 156 Å². The standard InChI is InChI=1S/C20H20N4O3/c25-19(23-10-7-20(8-11-23)26-12-13-27-20)16-6-9-24-17(14-16)21-22-18(24)15-4-2-1-3-5-15/h1-6,9,14H,7-8,10-13H2. The molecule has 1 amide bonds. The van der Waals surface area contributed by atoms with Crippen LogP contribution in [0.4, 0.5) is 0 Å². The molecule has 0 N–H and O–H groups in total. The lowest BCUT2D eigenvalue weighted by atomic mass is 10.0. The maximum Gasteiger partial charge on any atom is 0.254 e. The van der Waals surface area contributed by atoms with Crippen molar-refractivity contribution in [3.05, 3.63) is 54.2 Å². The van der Waals surface area contributed by atoms with Gasteiger partial charge in [-0.1, -0.05) is 30.3 Å². The van der Waals surface area contributed by atoms with E-state index in [4.69, 9.17) is 9.47 Å². The normalized spacial score (nSPS) is 19.0. The molecule has 0 radical (unpaired) electrons. The molecule has 0 saturated carbocycles. The quantitative estimate of drug-likeness (QED) is 0.698. The molecule has 2 saturated heterocycles. The van der Waals surface area contributed by atoms with Crippen molar-refractivity contribution in [1.82, 2.24) is 19.5 Å². The first kappa shape index (κ1) is 16.4. The number of carbonyl (C=O) groups excluding carboxylic acids is 1. The van der Waals surface area contributed by atoms with E-state index in [1.165, 1.54) is 0 Å². The van der Waals surface area contributed by atoms with Crippen molar-refractivity contribution in [2.75, 3.05) is 26.3 Å². The third-order valence-electron chi connectivity index (χ3n) is 5.31. The van der Waals surface area contributed by atoms with Crippen LogP contribution in [-0.2, 0) is 9.47 Å². The van der Waals surface area contributed by atoms with Gasteiger partial charge in [-0.15, -0.1) is 10.2 Å². The monoisotopic (exact) mass is 364 g/mol. The fourth-order valence-electron chi connectivity index (χ4n) is 3.83. The summed E-state index contributed by atoms with van der Waals surface area (Å²) >= 11 is 0. The van der Waals surface area contributed by atoms with Crippen LogP contribution >= 0.6 is 0 Å². The molecule has 0 aliphatic carbocycles. The predicted molar refractivity (Wildman–Crippen MR) is 98.2 cm³/mol. The van der Waals surface area contributed by atoms with E-state index in [2.05, 4.69) is 10.2 Å². The maximum absolute atomic E-state index is 12.9. The molecule has 3 aromatic rings. The van der Waals surface area contributed by atoms with Crippen molar-refractivity contribution >= 4 is 11.6 Å². The maximum atomic E-state index is 12.9. The summed E-state index contributed by atoms with van der Waals surface area (Å²) in [5, 5.41) is 8.52. The summed E-state index contributed by atoms with van der Waals surface area (Å²) in [6, 6.07) is 13.5. The average molecular weight is 364 g/mol. The lowest BCUT2D eigenvalue weighted by molar-refractivity contribution is -0.181. The first-order chi connectivity index (χ1) is 13.2. The molecule has 2 fully saturated rings. The Kier molecular flexibility index (Phi) is 3.91. The van der Waals surface area contributed by atoms with Crippen molar-refractivity contribution in [2.45, 2.75) is 18.6 Å². The van der Waals surface area contributed by atoms with Crippen molar-refractivity contribution in [3.8, 4) is 11.4 Å². The van der Waals surface area contributed by atoms with E-state index in [9.17, 15) is 4.79 Å². The minimum Gasteiger partial charge on any atom is -0.347 e. The fraction of sp³-hybridized carbons (Fsp3) is 0.350. The first-order valence-corrected chi connectivity index (χ1v) is 9.22. The van der Waals surface area contributed by atoms with Gasteiger partial charge >= 0.3 is 0 Å². The van der Waals surface area contributed by atoms with Crippen LogP contribution in [0.5, 0.6) is 0 Å². The second-order valence-corrected chi connectivity index (χ2v) is 6.93. The van der Waals surface area contributed by atoms with Gasteiger partial charge in [0.1, 0.15) is 0 Å². The number of amides is 1. The average Bonchev–Trinajstić information content (AvgIpc) is 3.35. The summed E-state index contributed by atoms with van der Waals surface area (Å²) in [6.07, 6.45) is 3.29. The minimum absolute atomic E-state index is 0.00890. The van der Waals surface area contributed by atoms with Crippen LogP contribution in [-0.4, -0.2) is 57.5 Å². The molecule has 2 aliphatic rings. The highest BCUT2D eigenvalue weighted by atomic mass is 16.7. The van der Waals surface area contributed by atoms with Gasteiger partial charge in [-0.05, 0) is 12.1 Å². The molecule has 7 heteroatoms. The van der Waals surface area contributed by atoms with Crippen LogP contribution in [0.3, 0.4) is 0 Å². The van der Waals surface area contributed by atoms with Gasteiger partial charge < -0.3 is 14.4 Å². The van der Waals surface area contributed by atoms with Crippen LogP contribution in [0.15, 0.2) is 48.7 Å². The Morgan fingerprint density at radius 3 is 2.48 bits per heavy atom. The van der Waals surface area contributed by atoms with Crippen molar-refractivity contribution in [2.24, 2.45) is 0 Å². The van der Waals surface area contributed by atoms with Crippen LogP contribution in [0.25, 0.3) is 17.0 Å². The predicted octanol–water partition coefficient (Wildman–Crippen LogP) is 2.38. The van der Waals surface area contributed by atoms with E-state index in [0.717, 1.165) is 11.4 Å². The van der Waals surface area contributed by atoms with Crippen LogP contribution < -0.4 is 0 Å². The second kappa shape index (κ2) is 6.44. The van der Waals surface area contributed by atoms with Crippen LogP contribution in [0, 0.1) is 0 Å². The van der Waals surface area contributed by atoms with E-state index in [0.29, 0.717) is 50.4 Å². The molecule has 1 aromatic carbocycles. The van der Waals surface area contributed by atoms with Gasteiger partial charge in [0, 0.05) is 43.3 Å². The van der Waals surface area contributed by atoms with Crippen LogP contribution in [0.2, 0.25) is 0 Å². The number of piperidine rings is 1. The lowest BCUT2D eigenvalue weighted by Gasteiger charge is -2.37. The van der Waals surface area contributed by atoms with Gasteiger partial charge in [0.05, 0.1) is 13.2 Å². The number of pyridine rings is 1. The van der Waals surface area contributed by atoms with Gasteiger partial charge in [-0.2, -0.15) is 0 Å². The van der Waals surface area contributed by atoms with E-state index in [1.54, 1.807) is 6.07 Å². The summed E-state index contributed by atoms with van der Waals surface area (Å²) in [6.45, 7) is 2.54. The van der Waals surface area contributed by atoms with Gasteiger partial charge in [-0.3, -0.25) is 9.20 Å². The van der Waals surface area contributed by atoms with Gasteiger partial charge in [-0.25, -0.2) is 0 Å². The third kappa shape index (κ3) is 2.89. The number of fused-ring (bicyclic) bond motifs is 1. The first-order valence-electron chi connectivity index (χ1n) is 9.22. The SMILES string of the molecule is O=C(c1ccn2c(-c3ccccc3)nnc2c1)N1CCC2(CC1)OCCO2. The summed E-state index contributed by atoms with van der Waals surface area (Å²) < 4.78 is 13.4. The zero-order chi connectivity index (χ0) is 18.3. The molecule has 27 heavy (non-hydrogen) atoms. The second-order valence-electron chi connectivity index (χ2n) is 6.93. The number of aromatic nitrogens is 3. The molecular formula is C20H20N4O3. The summed E-state index contributed by atoms with van der Waals surface area (Å²) in [4.78, 5) is 14.8. The van der Waals surface area contributed by atoms with E-state index in [1.807, 2.05) is 51.9 Å². The van der Waals surface area contributed by atoms with E-state index in [-0.39, 0.29) is 5.91 Å². The Hall–Kier alpha value is -2.77. The van der Waals surface area contributed by atoms with E-state index < -0.39 is 5.79 Å². The number of benzene rings is 1. The molecular weight excluding hydrogens is 344 g/mol. The van der Waals surface area contributed by atoms with Crippen molar-refractivity contribution in [3.63, 3.8) is 0 Å². The number of rotatable bonds is 2. The molecule has 138 valence electrons. The Morgan fingerprint density at radius 2 is 1.74 bits per heavy atom. The molecule has 4 heterocycles. The zero-order valence-corrected chi connectivity index (χ0v) is 14.9. The van der Waals surface area contributed by atoms with E-state index >= 15 is 0 Å². The highest BCUT2D eigenvalue weighted by Crippen LogP contribution is 2.31. The van der Waals surface area contributed by atoms with Gasteiger partial charge in [0.15, 0.2) is 17.3 Å². The third-order valence-corrected chi connectivity index (χ3v) is 5.31. The molecule has 1 spiro atoms. The smallest absolute Gasteiger partial charge is 0.254 e. The van der Waals surface area contributed by atoms with Crippen LogP contribution in [0.1, 0.15) is 23.2 Å². The minimum atomic E-state index is -0.474. The number of hydrogen-bond acceptors (Lipinski definition) is 5. The number of likely N-dealkylation sites (tertiary alicyclic amines) is 1. The number of nitrogens with zero attached hydrogens (tertiary/aromatic N) is 4. The van der Waals surface area contributed by atoms with Crippen molar-refractivity contribution < 1.29 is 14.3 Å². The van der Waals surface area contributed by atoms with Gasteiger partial charge in [0.2, 0.25) is 0 Å². The highest BCUT2D eigenvalue weighted by molar-refractivity contribution is 5.95. The summed E-state index contributed by atoms with van der Waals surface area (Å²) in [5.41, 5.74) is 2.27. The summed E-state index contributed by atoms with van der Waals surface area (Å²) in [5.74, 6) is 0.299. The summed E-state index contributed by atoms with van der Waals surface area (Å²) in [7, 11) is 0. The Morgan fingerprint density at radius 1 is 1.00 bits per heavy atom. The molecule has 2 aromatic heterocycles. The number of ether oxygens (including phenoxy) is 2. The molecule has 5 rings (SSSR count). The number of carbonyl (C=O) groups is 1. The number of hydrogen-bond donors (Lipinski definition) is 0. The lowest BCUT2D eigenvalue weighted by Crippen LogP contribution is -2.47. The molecule has 0 unspecified atom stereocenters. The highest BCUT2D eigenvalue weighted by Gasteiger charge is 2.40. The topological polar surface area (TPSA) is 69.0 Å². The molecule has 2 aliphatic heterocycles.